The summed E-state index contributed by atoms with van der Waals surface area (Å²) in [5.41, 5.74) is 7.86. The highest BCUT2D eigenvalue weighted by atomic mass is 35.5. The van der Waals surface area contributed by atoms with Gasteiger partial charge in [-0.3, -0.25) is 4.79 Å². The van der Waals surface area contributed by atoms with Crippen LogP contribution in [0.1, 0.15) is 11.1 Å². The van der Waals surface area contributed by atoms with Crippen LogP contribution in [-0.4, -0.2) is 39.3 Å². The number of hydrogen-bond acceptors (Lipinski definition) is 4. The number of amides is 1. The molecule has 0 aromatic heterocycles. The summed E-state index contributed by atoms with van der Waals surface area (Å²) in [5, 5.41) is 2.79. The summed E-state index contributed by atoms with van der Waals surface area (Å²) in [6.45, 7) is 2.77. The Kier molecular flexibility index (Phi) is 8.96. The molecule has 0 bridgehead atoms. The number of nitrogens with two attached hydrogens (primary N) is 1. The monoisotopic (exact) mass is 302 g/mol. The van der Waals surface area contributed by atoms with Crippen molar-refractivity contribution in [2.45, 2.75) is 19.4 Å². The average molecular weight is 303 g/mol. The number of benzene rings is 1. The van der Waals surface area contributed by atoms with E-state index in [2.05, 4.69) is 11.4 Å². The highest BCUT2D eigenvalue weighted by Crippen LogP contribution is 2.19. The minimum atomic E-state index is -0.621. The average Bonchev–Trinajstić information content (AvgIpc) is 2.39. The summed E-state index contributed by atoms with van der Waals surface area (Å²) < 4.78 is 10.1. The van der Waals surface area contributed by atoms with E-state index in [1.807, 2.05) is 19.1 Å². The van der Waals surface area contributed by atoms with Crippen molar-refractivity contribution in [3.63, 3.8) is 0 Å². The first-order valence-corrected chi connectivity index (χ1v) is 6.24. The van der Waals surface area contributed by atoms with Crippen molar-refractivity contribution in [1.82, 2.24) is 5.32 Å². The van der Waals surface area contributed by atoms with Gasteiger partial charge in [0.05, 0.1) is 13.7 Å². The predicted molar refractivity (Wildman–Crippen MR) is 81.5 cm³/mol. The van der Waals surface area contributed by atoms with Crippen LogP contribution in [0.15, 0.2) is 18.2 Å². The van der Waals surface area contributed by atoms with Crippen molar-refractivity contribution in [2.75, 3.05) is 27.4 Å². The predicted octanol–water partition coefficient (Wildman–Crippen LogP) is 1.06. The van der Waals surface area contributed by atoms with E-state index in [0.717, 1.165) is 11.3 Å². The zero-order valence-electron chi connectivity index (χ0n) is 12.1. The molecule has 3 N–H and O–H groups in total. The number of carbonyl (C=O) groups excluding carboxylic acids is 1. The first-order chi connectivity index (χ1) is 9.08. The quantitative estimate of drug-likeness (QED) is 0.790. The smallest absolute Gasteiger partial charge is 0.239 e. The van der Waals surface area contributed by atoms with Gasteiger partial charge in [0.25, 0.3) is 0 Å². The van der Waals surface area contributed by atoms with Crippen LogP contribution in [0, 0.1) is 6.92 Å². The summed E-state index contributed by atoms with van der Waals surface area (Å²) in [6.07, 6.45) is 0.705. The molecular weight excluding hydrogens is 280 g/mol. The Hall–Kier alpha value is -1.30. The van der Waals surface area contributed by atoms with E-state index in [0.29, 0.717) is 13.0 Å². The fraction of sp³-hybridized carbons (Fsp3) is 0.500. The molecule has 1 rings (SSSR count). The topological polar surface area (TPSA) is 73.6 Å². The number of carbonyl (C=O) groups is 1. The van der Waals surface area contributed by atoms with Gasteiger partial charge in [-0.05, 0) is 25.0 Å². The molecule has 0 aliphatic rings. The third kappa shape index (κ3) is 5.77. The summed E-state index contributed by atoms with van der Waals surface area (Å²) in [4.78, 5) is 11.6. The standard InChI is InChI=1S/C14H22N2O3.ClH/c1-10-4-5-13(19-3)11(8-10)6-7-16-14(17)12(15)9-18-2;/h4-5,8,12H,6-7,9,15H2,1-3H3,(H,16,17);1H. The lowest BCUT2D eigenvalue weighted by Gasteiger charge is -2.13. The van der Waals surface area contributed by atoms with Crippen LogP contribution in [0.25, 0.3) is 0 Å². The minimum Gasteiger partial charge on any atom is -0.496 e. The van der Waals surface area contributed by atoms with Crippen LogP contribution in [-0.2, 0) is 16.0 Å². The minimum absolute atomic E-state index is 0. The van der Waals surface area contributed by atoms with Gasteiger partial charge < -0.3 is 20.5 Å². The van der Waals surface area contributed by atoms with E-state index in [9.17, 15) is 4.79 Å². The second kappa shape index (κ2) is 9.58. The number of nitrogens with one attached hydrogen (secondary N) is 1. The first-order valence-electron chi connectivity index (χ1n) is 6.24. The van der Waals surface area contributed by atoms with Crippen LogP contribution in [0.3, 0.4) is 0 Å². The molecule has 1 aromatic rings. The van der Waals surface area contributed by atoms with E-state index >= 15 is 0 Å². The number of aryl methyl sites for hydroxylation is 1. The largest absolute Gasteiger partial charge is 0.496 e. The molecule has 0 aliphatic carbocycles. The zero-order valence-corrected chi connectivity index (χ0v) is 13.0. The van der Waals surface area contributed by atoms with Crippen molar-refractivity contribution in [1.29, 1.82) is 0 Å². The maximum atomic E-state index is 11.6. The molecule has 1 aromatic carbocycles. The Morgan fingerprint density at radius 1 is 1.40 bits per heavy atom. The lowest BCUT2D eigenvalue weighted by Crippen LogP contribution is -2.44. The summed E-state index contributed by atoms with van der Waals surface area (Å²) in [6, 6.07) is 5.36. The molecule has 1 unspecified atom stereocenters. The Balaban J connectivity index is 0.00000361. The molecule has 5 nitrogen and oxygen atoms in total. The Morgan fingerprint density at radius 3 is 2.70 bits per heavy atom. The Labute approximate surface area is 126 Å². The van der Waals surface area contributed by atoms with E-state index in [4.69, 9.17) is 15.2 Å². The number of halogens is 1. The van der Waals surface area contributed by atoms with Crippen molar-refractivity contribution in [3.8, 4) is 5.75 Å². The molecule has 6 heteroatoms. The molecule has 1 amide bonds. The number of hydrogen-bond donors (Lipinski definition) is 2. The Bertz CT molecular complexity index is 427. The molecule has 1 atom stereocenters. The molecule has 20 heavy (non-hydrogen) atoms. The van der Waals surface area contributed by atoms with Crippen molar-refractivity contribution in [3.05, 3.63) is 29.3 Å². The maximum absolute atomic E-state index is 11.6. The summed E-state index contributed by atoms with van der Waals surface area (Å²) in [5.74, 6) is 0.634. The zero-order chi connectivity index (χ0) is 14.3. The van der Waals surface area contributed by atoms with Crippen molar-refractivity contribution >= 4 is 18.3 Å². The van der Waals surface area contributed by atoms with Gasteiger partial charge >= 0.3 is 0 Å². The van der Waals surface area contributed by atoms with Gasteiger partial charge in [-0.1, -0.05) is 17.7 Å². The van der Waals surface area contributed by atoms with Gasteiger partial charge in [-0.15, -0.1) is 12.4 Å². The number of methoxy groups -OCH3 is 2. The van der Waals surface area contributed by atoms with E-state index in [1.165, 1.54) is 12.7 Å². The molecule has 0 heterocycles. The van der Waals surface area contributed by atoms with Gasteiger partial charge in [0.2, 0.25) is 5.91 Å². The van der Waals surface area contributed by atoms with Crippen LogP contribution < -0.4 is 15.8 Å². The molecule has 0 fully saturated rings. The molecule has 0 aliphatic heterocycles. The number of rotatable bonds is 7. The maximum Gasteiger partial charge on any atom is 0.239 e. The fourth-order valence-electron chi connectivity index (χ4n) is 1.81. The molecule has 0 radical (unpaired) electrons. The van der Waals surface area contributed by atoms with Crippen LogP contribution in [0.2, 0.25) is 0 Å². The van der Waals surface area contributed by atoms with Gasteiger partial charge in [-0.25, -0.2) is 0 Å². The van der Waals surface area contributed by atoms with Crippen LogP contribution in [0.4, 0.5) is 0 Å². The second-order valence-electron chi connectivity index (χ2n) is 4.42. The van der Waals surface area contributed by atoms with E-state index in [1.54, 1.807) is 7.11 Å². The third-order valence-electron chi connectivity index (χ3n) is 2.81. The van der Waals surface area contributed by atoms with Gasteiger partial charge in [0.1, 0.15) is 11.8 Å². The SMILES string of the molecule is COCC(N)C(=O)NCCc1cc(C)ccc1OC.Cl. The van der Waals surface area contributed by atoms with Gasteiger partial charge in [0, 0.05) is 13.7 Å². The van der Waals surface area contributed by atoms with Crippen molar-refractivity contribution < 1.29 is 14.3 Å². The Morgan fingerprint density at radius 2 is 2.10 bits per heavy atom. The lowest BCUT2D eigenvalue weighted by molar-refractivity contribution is -0.123. The van der Waals surface area contributed by atoms with Crippen molar-refractivity contribution in [2.24, 2.45) is 5.73 Å². The third-order valence-corrected chi connectivity index (χ3v) is 2.81. The fourth-order valence-corrected chi connectivity index (χ4v) is 1.81. The normalized spacial score (nSPS) is 11.4. The highest BCUT2D eigenvalue weighted by Gasteiger charge is 2.12. The van der Waals surface area contributed by atoms with Gasteiger partial charge in [-0.2, -0.15) is 0 Å². The molecular formula is C14H23ClN2O3. The van der Waals surface area contributed by atoms with E-state index < -0.39 is 6.04 Å². The van der Waals surface area contributed by atoms with Gasteiger partial charge in [0.15, 0.2) is 0 Å². The molecule has 0 saturated carbocycles. The number of ether oxygens (including phenoxy) is 2. The van der Waals surface area contributed by atoms with Crippen LogP contribution >= 0.6 is 12.4 Å². The summed E-state index contributed by atoms with van der Waals surface area (Å²) in [7, 11) is 3.16. The summed E-state index contributed by atoms with van der Waals surface area (Å²) >= 11 is 0. The highest BCUT2D eigenvalue weighted by molar-refractivity contribution is 5.85. The second-order valence-corrected chi connectivity index (χ2v) is 4.42. The molecule has 0 saturated heterocycles. The van der Waals surface area contributed by atoms with Crippen LogP contribution in [0.5, 0.6) is 5.75 Å². The lowest BCUT2D eigenvalue weighted by atomic mass is 10.1. The molecule has 114 valence electrons. The van der Waals surface area contributed by atoms with E-state index in [-0.39, 0.29) is 24.9 Å². The first kappa shape index (κ1) is 18.7. The molecule has 0 spiro atoms.